The van der Waals surface area contributed by atoms with Crippen molar-refractivity contribution in [3.63, 3.8) is 0 Å². The molecule has 3 aliphatic rings. The van der Waals surface area contributed by atoms with Crippen LogP contribution in [0, 0.1) is 0 Å². The number of aryl methyl sites for hydroxylation is 1. The Bertz CT molecular complexity index is 1010. The molecule has 1 spiro atoms. The molecule has 1 saturated heterocycles. The number of H-pyrrole nitrogens is 1. The maximum Gasteiger partial charge on any atom is 0.335 e. The summed E-state index contributed by atoms with van der Waals surface area (Å²) in [6.45, 7) is 2.47. The van der Waals surface area contributed by atoms with Gasteiger partial charge in [-0.1, -0.05) is 6.07 Å². The number of aromatic nitrogens is 2. The summed E-state index contributed by atoms with van der Waals surface area (Å²) in [5.74, 6) is -0.198. The molecule has 1 fully saturated rings. The number of hydrogen-bond donors (Lipinski definition) is 3. The minimum atomic E-state index is -0.900. The molecule has 0 saturated carbocycles. The summed E-state index contributed by atoms with van der Waals surface area (Å²) in [5, 5.41) is 12.6. The van der Waals surface area contributed by atoms with Gasteiger partial charge in [-0.2, -0.15) is 0 Å². The van der Waals surface area contributed by atoms with Gasteiger partial charge in [0.2, 0.25) is 5.95 Å². The van der Waals surface area contributed by atoms with Crippen LogP contribution in [-0.2, 0) is 18.3 Å². The molecule has 3 heterocycles. The Hall–Kier alpha value is -2.83. The molecule has 7 heteroatoms. The number of piperidine rings is 1. The topological polar surface area (TPSA) is 98.3 Å². The first-order chi connectivity index (χ1) is 13.6. The number of fused-ring (bicyclic) bond motifs is 3. The highest BCUT2D eigenvalue weighted by molar-refractivity contribution is 5.89. The molecular weight excluding hydrogens is 356 g/mol. The molecule has 7 nitrogen and oxygen atoms in total. The molecule has 1 aliphatic carbocycles. The van der Waals surface area contributed by atoms with Gasteiger partial charge in [0.05, 0.1) is 11.3 Å². The SMILES string of the molecule is O=C(O)c1ccc2c(c1)NCC21CCN(c2nc3c(c(=O)[nH]2)CCCC3)CC1. The van der Waals surface area contributed by atoms with E-state index in [1.165, 1.54) is 5.56 Å². The quantitative estimate of drug-likeness (QED) is 0.740. The van der Waals surface area contributed by atoms with Crippen molar-refractivity contribution in [3.05, 3.63) is 50.9 Å². The van der Waals surface area contributed by atoms with Crippen LogP contribution in [0.5, 0.6) is 0 Å². The Labute approximate surface area is 162 Å². The van der Waals surface area contributed by atoms with Crippen molar-refractivity contribution >= 4 is 17.6 Å². The van der Waals surface area contributed by atoms with Gasteiger partial charge in [-0.25, -0.2) is 9.78 Å². The monoisotopic (exact) mass is 380 g/mol. The summed E-state index contributed by atoms with van der Waals surface area (Å²) >= 11 is 0. The van der Waals surface area contributed by atoms with Gasteiger partial charge < -0.3 is 15.3 Å². The van der Waals surface area contributed by atoms with Gasteiger partial charge >= 0.3 is 5.97 Å². The van der Waals surface area contributed by atoms with E-state index in [9.17, 15) is 14.7 Å². The third kappa shape index (κ3) is 2.68. The molecule has 5 rings (SSSR count). The molecule has 0 amide bonds. The van der Waals surface area contributed by atoms with Crippen LogP contribution in [0.1, 0.15) is 52.9 Å². The van der Waals surface area contributed by atoms with E-state index in [4.69, 9.17) is 4.98 Å². The minimum absolute atomic E-state index is 0.0223. The first kappa shape index (κ1) is 17.3. The van der Waals surface area contributed by atoms with Gasteiger partial charge in [0, 0.05) is 36.3 Å². The van der Waals surface area contributed by atoms with Crippen molar-refractivity contribution in [1.29, 1.82) is 0 Å². The minimum Gasteiger partial charge on any atom is -0.478 e. The second-order valence-corrected chi connectivity index (χ2v) is 8.21. The highest BCUT2D eigenvalue weighted by Crippen LogP contribution is 2.44. The second kappa shape index (κ2) is 6.36. The van der Waals surface area contributed by atoms with Crippen LogP contribution in [0.15, 0.2) is 23.0 Å². The van der Waals surface area contributed by atoms with Crippen LogP contribution in [0.2, 0.25) is 0 Å². The number of anilines is 2. The Morgan fingerprint density at radius 3 is 2.75 bits per heavy atom. The number of benzene rings is 1. The number of carboxylic acids is 1. The first-order valence-corrected chi connectivity index (χ1v) is 10.0. The predicted molar refractivity (Wildman–Crippen MR) is 107 cm³/mol. The van der Waals surface area contributed by atoms with Crippen molar-refractivity contribution < 1.29 is 9.90 Å². The molecule has 1 aromatic carbocycles. The van der Waals surface area contributed by atoms with Gasteiger partial charge in [-0.05, 0) is 56.2 Å². The molecule has 3 N–H and O–H groups in total. The van der Waals surface area contributed by atoms with Crippen LogP contribution >= 0.6 is 0 Å². The van der Waals surface area contributed by atoms with Crippen molar-refractivity contribution in [2.45, 2.75) is 43.9 Å². The van der Waals surface area contributed by atoms with Crippen LogP contribution in [-0.4, -0.2) is 40.7 Å². The molecule has 146 valence electrons. The van der Waals surface area contributed by atoms with Gasteiger partial charge in [-0.15, -0.1) is 0 Å². The van der Waals surface area contributed by atoms with Gasteiger partial charge in [-0.3, -0.25) is 9.78 Å². The number of aromatic carboxylic acids is 1. The highest BCUT2D eigenvalue weighted by atomic mass is 16.4. The van der Waals surface area contributed by atoms with E-state index in [1.807, 2.05) is 6.07 Å². The van der Waals surface area contributed by atoms with E-state index < -0.39 is 5.97 Å². The Balaban J connectivity index is 1.38. The lowest BCUT2D eigenvalue weighted by molar-refractivity contribution is 0.0697. The molecule has 0 radical (unpaired) electrons. The van der Waals surface area contributed by atoms with E-state index in [0.717, 1.165) is 75.1 Å². The third-order valence-electron chi connectivity index (χ3n) is 6.65. The fraction of sp³-hybridized carbons (Fsp3) is 0.476. The fourth-order valence-corrected chi connectivity index (χ4v) is 4.98. The highest BCUT2D eigenvalue weighted by Gasteiger charge is 2.42. The summed E-state index contributed by atoms with van der Waals surface area (Å²) in [6, 6.07) is 5.40. The number of nitrogens with zero attached hydrogens (tertiary/aromatic N) is 2. The zero-order chi connectivity index (χ0) is 19.3. The van der Waals surface area contributed by atoms with E-state index in [2.05, 4.69) is 15.2 Å². The maximum absolute atomic E-state index is 12.4. The molecule has 1 aromatic heterocycles. The van der Waals surface area contributed by atoms with E-state index in [-0.39, 0.29) is 11.0 Å². The average Bonchev–Trinajstić information content (AvgIpc) is 3.06. The smallest absolute Gasteiger partial charge is 0.335 e. The van der Waals surface area contributed by atoms with E-state index in [0.29, 0.717) is 11.5 Å². The third-order valence-corrected chi connectivity index (χ3v) is 6.65. The first-order valence-electron chi connectivity index (χ1n) is 10.0. The Morgan fingerprint density at radius 2 is 1.96 bits per heavy atom. The molecular formula is C21H24N4O3. The van der Waals surface area contributed by atoms with Crippen LogP contribution < -0.4 is 15.8 Å². The standard InChI is InChI=1S/C21H24N4O3/c26-18-14-3-1-2-4-16(14)23-20(24-18)25-9-7-21(8-10-25)12-22-17-11-13(19(27)28)5-6-15(17)21/h5-6,11,22H,1-4,7-10,12H2,(H,27,28)(H,23,24,26). The summed E-state index contributed by atoms with van der Waals surface area (Å²) < 4.78 is 0. The number of nitrogens with one attached hydrogen (secondary N) is 2. The number of carboxylic acid groups (broad SMARTS) is 1. The summed E-state index contributed by atoms with van der Waals surface area (Å²) in [4.78, 5) is 33.6. The van der Waals surface area contributed by atoms with Crippen molar-refractivity contribution in [2.24, 2.45) is 0 Å². The molecule has 0 bridgehead atoms. The van der Waals surface area contributed by atoms with E-state index >= 15 is 0 Å². The van der Waals surface area contributed by atoms with Crippen molar-refractivity contribution in [1.82, 2.24) is 9.97 Å². The van der Waals surface area contributed by atoms with Crippen LogP contribution in [0.25, 0.3) is 0 Å². The van der Waals surface area contributed by atoms with E-state index in [1.54, 1.807) is 12.1 Å². The molecule has 2 aromatic rings. The molecule has 0 unspecified atom stereocenters. The second-order valence-electron chi connectivity index (χ2n) is 8.21. The van der Waals surface area contributed by atoms with Crippen LogP contribution in [0.4, 0.5) is 11.6 Å². The lowest BCUT2D eigenvalue weighted by Gasteiger charge is -2.39. The Morgan fingerprint density at radius 1 is 1.18 bits per heavy atom. The summed E-state index contributed by atoms with van der Waals surface area (Å²) in [5.41, 5.74) is 4.35. The maximum atomic E-state index is 12.4. The normalized spacial score (nSPS) is 19.8. The number of rotatable bonds is 2. The summed E-state index contributed by atoms with van der Waals surface area (Å²) in [6.07, 6.45) is 5.79. The summed E-state index contributed by atoms with van der Waals surface area (Å²) in [7, 11) is 0. The van der Waals surface area contributed by atoms with Gasteiger partial charge in [0.15, 0.2) is 0 Å². The van der Waals surface area contributed by atoms with Crippen LogP contribution in [0.3, 0.4) is 0 Å². The zero-order valence-electron chi connectivity index (χ0n) is 15.8. The molecule has 0 atom stereocenters. The largest absolute Gasteiger partial charge is 0.478 e. The van der Waals surface area contributed by atoms with Crippen molar-refractivity contribution in [2.75, 3.05) is 29.9 Å². The Kier molecular flexibility index (Phi) is 3.92. The van der Waals surface area contributed by atoms with Crippen molar-refractivity contribution in [3.8, 4) is 0 Å². The molecule has 2 aliphatic heterocycles. The fourth-order valence-electron chi connectivity index (χ4n) is 4.98. The van der Waals surface area contributed by atoms with Gasteiger partial charge in [0.1, 0.15) is 0 Å². The lowest BCUT2D eigenvalue weighted by atomic mass is 9.74. The van der Waals surface area contributed by atoms with Gasteiger partial charge in [0.25, 0.3) is 5.56 Å². The number of hydrogen-bond acceptors (Lipinski definition) is 5. The lowest BCUT2D eigenvalue weighted by Crippen LogP contribution is -2.45. The zero-order valence-corrected chi connectivity index (χ0v) is 15.8. The predicted octanol–water partition coefficient (Wildman–Crippen LogP) is 2.31. The average molecular weight is 380 g/mol. The number of aromatic amines is 1. The molecule has 28 heavy (non-hydrogen) atoms. The number of carbonyl (C=O) groups is 1.